The number of sulfone groups is 1. The van der Waals surface area contributed by atoms with Crippen LogP contribution in [0.25, 0.3) is 0 Å². The molecule has 1 atom stereocenters. The Balaban J connectivity index is 1.97. The van der Waals surface area contributed by atoms with Gasteiger partial charge in [-0.05, 0) is 55.2 Å². The number of carbonyl (C=O) groups excluding carboxylic acids is 1. The van der Waals surface area contributed by atoms with Crippen LogP contribution in [-0.2, 0) is 33.8 Å². The van der Waals surface area contributed by atoms with E-state index in [0.717, 1.165) is 24.0 Å². The molecule has 2 aromatic rings. The summed E-state index contributed by atoms with van der Waals surface area (Å²) in [6.45, 7) is 1.33. The highest BCUT2D eigenvalue weighted by atomic mass is 32.2. The molecule has 164 valence electrons. The van der Waals surface area contributed by atoms with Crippen molar-refractivity contribution in [2.24, 2.45) is 0 Å². The molecule has 0 fully saturated rings. The monoisotopic (exact) mass is 445 g/mol. The Bertz CT molecular complexity index is 973. The first-order valence-electron chi connectivity index (χ1n) is 8.89. The molecule has 2 aromatic carbocycles. The van der Waals surface area contributed by atoms with Gasteiger partial charge in [-0.1, -0.05) is 24.3 Å². The molecule has 6 nitrogen and oxygen atoms in total. The number of amides is 1. The van der Waals surface area contributed by atoms with Gasteiger partial charge in [-0.25, -0.2) is 13.9 Å². The van der Waals surface area contributed by atoms with Crippen LogP contribution < -0.4 is 10.2 Å². The zero-order valence-corrected chi connectivity index (χ0v) is 17.2. The van der Waals surface area contributed by atoms with Gasteiger partial charge in [0.1, 0.15) is 17.1 Å². The van der Waals surface area contributed by atoms with Crippen molar-refractivity contribution in [2.45, 2.75) is 37.3 Å². The average molecular weight is 445 g/mol. The second-order valence-electron chi connectivity index (χ2n) is 7.07. The minimum atomic E-state index is -4.39. The number of nitrogens with one attached hydrogen (secondary N) is 1. The summed E-state index contributed by atoms with van der Waals surface area (Å²) >= 11 is 0. The Labute approximate surface area is 172 Å². The van der Waals surface area contributed by atoms with Crippen LogP contribution in [0.15, 0.2) is 48.5 Å². The summed E-state index contributed by atoms with van der Waals surface area (Å²) in [6.07, 6.45) is -3.24. The summed E-state index contributed by atoms with van der Waals surface area (Å²) in [4.78, 5) is 11.8. The predicted octanol–water partition coefficient (Wildman–Crippen LogP) is 3.53. The number of alkyl halides is 3. The predicted molar refractivity (Wildman–Crippen MR) is 104 cm³/mol. The molecule has 0 bridgehead atoms. The van der Waals surface area contributed by atoms with Crippen LogP contribution in [0.4, 0.5) is 13.2 Å². The molecule has 1 unspecified atom stereocenters. The SMILES string of the molecule is CC(CCc1ccc(OCc2ccc(C(F)(F)F)cc2)cc1)(C(=O)NO)S(C)(=O)=O. The summed E-state index contributed by atoms with van der Waals surface area (Å²) in [5.41, 5.74) is 1.99. The van der Waals surface area contributed by atoms with Crippen molar-refractivity contribution < 1.29 is 36.3 Å². The van der Waals surface area contributed by atoms with Crippen molar-refractivity contribution >= 4 is 15.7 Å². The summed E-state index contributed by atoms with van der Waals surface area (Å²) < 4.78 is 65.4. The molecule has 30 heavy (non-hydrogen) atoms. The van der Waals surface area contributed by atoms with E-state index >= 15 is 0 Å². The Hall–Kier alpha value is -2.59. The summed E-state index contributed by atoms with van der Waals surface area (Å²) in [7, 11) is -3.77. The molecule has 0 aromatic heterocycles. The van der Waals surface area contributed by atoms with E-state index in [0.29, 0.717) is 11.3 Å². The lowest BCUT2D eigenvalue weighted by Crippen LogP contribution is -2.49. The van der Waals surface area contributed by atoms with Crippen LogP contribution in [0.1, 0.15) is 30.0 Å². The smallest absolute Gasteiger partial charge is 0.416 e. The minimum absolute atomic E-state index is 0.0377. The van der Waals surface area contributed by atoms with Crippen molar-refractivity contribution in [1.82, 2.24) is 5.48 Å². The number of rotatable bonds is 8. The molecule has 0 aliphatic rings. The normalized spacial score (nSPS) is 14.1. The molecule has 0 aliphatic carbocycles. The Morgan fingerprint density at radius 2 is 1.57 bits per heavy atom. The fourth-order valence-electron chi connectivity index (χ4n) is 2.68. The van der Waals surface area contributed by atoms with Gasteiger partial charge >= 0.3 is 6.18 Å². The summed E-state index contributed by atoms with van der Waals surface area (Å²) in [5, 5.41) is 8.84. The van der Waals surface area contributed by atoms with Gasteiger partial charge in [-0.15, -0.1) is 0 Å². The largest absolute Gasteiger partial charge is 0.489 e. The highest BCUT2D eigenvalue weighted by Gasteiger charge is 2.43. The molecule has 2 rings (SSSR count). The summed E-state index contributed by atoms with van der Waals surface area (Å²) in [6, 6.07) is 11.3. The van der Waals surface area contributed by atoms with Crippen molar-refractivity contribution in [2.75, 3.05) is 6.26 Å². The van der Waals surface area contributed by atoms with Gasteiger partial charge < -0.3 is 4.74 Å². The zero-order chi connectivity index (χ0) is 22.6. The lowest BCUT2D eigenvalue weighted by Gasteiger charge is -2.25. The number of hydrogen-bond acceptors (Lipinski definition) is 5. The molecule has 0 aliphatic heterocycles. The Morgan fingerprint density at radius 3 is 2.03 bits per heavy atom. The van der Waals surface area contributed by atoms with E-state index in [2.05, 4.69) is 0 Å². The van der Waals surface area contributed by atoms with E-state index < -0.39 is 32.2 Å². The number of carbonyl (C=O) groups is 1. The minimum Gasteiger partial charge on any atom is -0.489 e. The van der Waals surface area contributed by atoms with Crippen molar-refractivity contribution in [1.29, 1.82) is 0 Å². The topological polar surface area (TPSA) is 92.7 Å². The second-order valence-corrected chi connectivity index (χ2v) is 9.52. The third-order valence-electron chi connectivity index (χ3n) is 4.90. The van der Waals surface area contributed by atoms with Crippen molar-refractivity contribution in [3.05, 3.63) is 65.2 Å². The first kappa shape index (κ1) is 23.7. The van der Waals surface area contributed by atoms with Crippen LogP contribution in [0.5, 0.6) is 5.75 Å². The van der Waals surface area contributed by atoms with Gasteiger partial charge in [-0.2, -0.15) is 13.2 Å². The van der Waals surface area contributed by atoms with Gasteiger partial charge in [0.05, 0.1) is 5.56 Å². The fraction of sp³-hybridized carbons (Fsp3) is 0.350. The quantitative estimate of drug-likeness (QED) is 0.479. The molecular formula is C20H22F3NO5S. The van der Waals surface area contributed by atoms with Gasteiger partial charge in [0.2, 0.25) is 0 Å². The van der Waals surface area contributed by atoms with E-state index in [4.69, 9.17) is 9.94 Å². The number of halogens is 3. The van der Waals surface area contributed by atoms with Crippen LogP contribution >= 0.6 is 0 Å². The number of hydroxylamine groups is 1. The number of hydrogen-bond donors (Lipinski definition) is 2. The van der Waals surface area contributed by atoms with Crippen LogP contribution in [0.3, 0.4) is 0 Å². The molecule has 1 amide bonds. The second kappa shape index (κ2) is 9.05. The van der Waals surface area contributed by atoms with E-state index in [1.54, 1.807) is 24.3 Å². The molecule has 0 spiro atoms. The van der Waals surface area contributed by atoms with Crippen LogP contribution in [0, 0.1) is 0 Å². The van der Waals surface area contributed by atoms with Crippen molar-refractivity contribution in [3.63, 3.8) is 0 Å². The Kier molecular flexibility index (Phi) is 7.14. The highest BCUT2D eigenvalue weighted by molar-refractivity contribution is 7.92. The molecular weight excluding hydrogens is 423 g/mol. The van der Waals surface area contributed by atoms with E-state index in [1.807, 2.05) is 0 Å². The van der Waals surface area contributed by atoms with E-state index in [9.17, 15) is 26.4 Å². The number of aryl methyl sites for hydroxylation is 1. The van der Waals surface area contributed by atoms with Crippen LogP contribution in [-0.4, -0.2) is 30.5 Å². The lowest BCUT2D eigenvalue weighted by atomic mass is 9.99. The van der Waals surface area contributed by atoms with Gasteiger partial charge in [0.15, 0.2) is 9.84 Å². The van der Waals surface area contributed by atoms with Gasteiger partial charge in [0.25, 0.3) is 5.91 Å². The van der Waals surface area contributed by atoms with E-state index in [-0.39, 0.29) is 19.4 Å². The maximum atomic E-state index is 12.6. The van der Waals surface area contributed by atoms with Gasteiger partial charge in [0, 0.05) is 6.26 Å². The maximum absolute atomic E-state index is 12.6. The molecule has 2 N–H and O–H groups in total. The molecule has 10 heteroatoms. The molecule has 0 heterocycles. The zero-order valence-electron chi connectivity index (χ0n) is 16.4. The van der Waals surface area contributed by atoms with Crippen molar-refractivity contribution in [3.8, 4) is 5.75 Å². The molecule has 0 saturated carbocycles. The van der Waals surface area contributed by atoms with Gasteiger partial charge in [-0.3, -0.25) is 10.0 Å². The highest BCUT2D eigenvalue weighted by Crippen LogP contribution is 2.29. The standard InChI is InChI=1S/C20H22F3NO5S/c1-19(18(25)24-26,30(2,27)28)12-11-14-5-9-17(10-6-14)29-13-15-3-7-16(8-4-15)20(21,22)23/h3-10,26H,11-13H2,1-2H3,(H,24,25). The first-order chi connectivity index (χ1) is 13.9. The number of ether oxygens (including phenoxy) is 1. The Morgan fingerprint density at radius 1 is 1.03 bits per heavy atom. The average Bonchev–Trinajstić information content (AvgIpc) is 2.69. The fourth-order valence-corrected chi connectivity index (χ4v) is 3.53. The van der Waals surface area contributed by atoms with Crippen LogP contribution in [0.2, 0.25) is 0 Å². The third-order valence-corrected chi connectivity index (χ3v) is 6.93. The molecule has 0 saturated heterocycles. The van der Waals surface area contributed by atoms with E-state index in [1.165, 1.54) is 24.5 Å². The third kappa shape index (κ3) is 5.73. The first-order valence-corrected chi connectivity index (χ1v) is 10.8. The maximum Gasteiger partial charge on any atom is 0.416 e. The number of benzene rings is 2. The lowest BCUT2D eigenvalue weighted by molar-refractivity contribution is -0.137. The summed E-state index contributed by atoms with van der Waals surface area (Å²) in [5.74, 6) is -0.515. The molecule has 0 radical (unpaired) electrons.